The SMILES string of the molecule is CC(C)(C)OC(=O)N[C@@H]1CNCC[C@@H]1O. The van der Waals surface area contributed by atoms with Gasteiger partial charge in [0.25, 0.3) is 0 Å². The molecule has 0 aromatic heterocycles. The topological polar surface area (TPSA) is 70.6 Å². The molecule has 1 heterocycles. The molecule has 0 aromatic rings. The summed E-state index contributed by atoms with van der Waals surface area (Å²) in [5.41, 5.74) is -0.503. The number of ether oxygens (including phenoxy) is 1. The Morgan fingerprint density at radius 1 is 1.53 bits per heavy atom. The van der Waals surface area contributed by atoms with Gasteiger partial charge in [-0.1, -0.05) is 0 Å². The van der Waals surface area contributed by atoms with E-state index in [1.807, 2.05) is 20.8 Å². The molecule has 1 saturated heterocycles. The summed E-state index contributed by atoms with van der Waals surface area (Å²) in [7, 11) is 0. The first-order chi connectivity index (χ1) is 6.88. The quantitative estimate of drug-likeness (QED) is 0.587. The van der Waals surface area contributed by atoms with Crippen LogP contribution in [0.4, 0.5) is 4.79 Å². The highest BCUT2D eigenvalue weighted by molar-refractivity contribution is 5.68. The molecule has 0 aromatic carbocycles. The minimum atomic E-state index is -0.503. The fraction of sp³-hybridized carbons (Fsp3) is 0.900. The molecule has 0 unspecified atom stereocenters. The number of aliphatic hydroxyl groups is 1. The molecular formula is C10H20N2O3. The van der Waals surface area contributed by atoms with E-state index in [0.29, 0.717) is 13.0 Å². The number of hydrogen-bond acceptors (Lipinski definition) is 4. The Bertz CT molecular complexity index is 225. The summed E-state index contributed by atoms with van der Waals surface area (Å²) in [6, 6.07) is -0.256. The molecule has 1 amide bonds. The Labute approximate surface area is 90.2 Å². The average Bonchev–Trinajstić information content (AvgIpc) is 2.05. The van der Waals surface area contributed by atoms with Gasteiger partial charge in [0.05, 0.1) is 12.1 Å². The Kier molecular flexibility index (Phi) is 3.93. The van der Waals surface area contributed by atoms with Crippen molar-refractivity contribution in [1.29, 1.82) is 0 Å². The highest BCUT2D eigenvalue weighted by Crippen LogP contribution is 2.08. The second kappa shape index (κ2) is 4.81. The Hall–Kier alpha value is -0.810. The molecule has 5 heteroatoms. The molecule has 0 saturated carbocycles. The Morgan fingerprint density at radius 3 is 2.73 bits per heavy atom. The molecule has 0 aliphatic carbocycles. The van der Waals surface area contributed by atoms with Crippen LogP contribution >= 0.6 is 0 Å². The second-order valence-corrected chi connectivity index (χ2v) is 4.81. The highest BCUT2D eigenvalue weighted by atomic mass is 16.6. The smallest absolute Gasteiger partial charge is 0.408 e. The van der Waals surface area contributed by atoms with Gasteiger partial charge in [-0.05, 0) is 33.7 Å². The van der Waals surface area contributed by atoms with Crippen LogP contribution in [-0.2, 0) is 4.74 Å². The van der Waals surface area contributed by atoms with E-state index in [4.69, 9.17) is 4.74 Å². The standard InChI is InChI=1S/C10H20N2O3/c1-10(2,3)15-9(14)12-7-6-11-5-4-8(7)13/h7-8,11,13H,4-6H2,1-3H3,(H,12,14)/t7-,8+/m1/s1. The normalized spacial score (nSPS) is 27.2. The lowest BCUT2D eigenvalue weighted by molar-refractivity contribution is 0.0383. The van der Waals surface area contributed by atoms with Gasteiger partial charge in [0.2, 0.25) is 0 Å². The van der Waals surface area contributed by atoms with Crippen LogP contribution < -0.4 is 10.6 Å². The number of carbonyl (C=O) groups excluding carboxylic acids is 1. The fourth-order valence-corrected chi connectivity index (χ4v) is 1.45. The molecule has 88 valence electrons. The molecule has 0 spiro atoms. The van der Waals surface area contributed by atoms with Crippen molar-refractivity contribution in [3.63, 3.8) is 0 Å². The van der Waals surface area contributed by atoms with Crippen LogP contribution in [0, 0.1) is 0 Å². The van der Waals surface area contributed by atoms with Crippen molar-refractivity contribution in [1.82, 2.24) is 10.6 Å². The van der Waals surface area contributed by atoms with Gasteiger partial charge < -0.3 is 20.5 Å². The van der Waals surface area contributed by atoms with E-state index in [-0.39, 0.29) is 6.04 Å². The van der Waals surface area contributed by atoms with Crippen LogP contribution in [-0.4, -0.2) is 42.0 Å². The van der Waals surface area contributed by atoms with E-state index in [9.17, 15) is 9.90 Å². The molecule has 3 N–H and O–H groups in total. The van der Waals surface area contributed by atoms with Crippen LogP contribution in [0.25, 0.3) is 0 Å². The number of rotatable bonds is 1. The van der Waals surface area contributed by atoms with Gasteiger partial charge >= 0.3 is 6.09 Å². The van der Waals surface area contributed by atoms with E-state index < -0.39 is 17.8 Å². The van der Waals surface area contributed by atoms with Crippen molar-refractivity contribution in [2.45, 2.75) is 44.9 Å². The largest absolute Gasteiger partial charge is 0.444 e. The molecular weight excluding hydrogens is 196 g/mol. The number of nitrogens with one attached hydrogen (secondary N) is 2. The summed E-state index contributed by atoms with van der Waals surface area (Å²) in [5.74, 6) is 0. The summed E-state index contributed by atoms with van der Waals surface area (Å²) in [6.45, 7) is 6.79. The predicted molar refractivity (Wildman–Crippen MR) is 56.7 cm³/mol. The first-order valence-corrected chi connectivity index (χ1v) is 5.27. The van der Waals surface area contributed by atoms with Crippen LogP contribution in [0.2, 0.25) is 0 Å². The zero-order chi connectivity index (χ0) is 11.5. The van der Waals surface area contributed by atoms with E-state index in [0.717, 1.165) is 6.54 Å². The molecule has 0 radical (unpaired) electrons. The first-order valence-electron chi connectivity index (χ1n) is 5.27. The number of aliphatic hydroxyl groups excluding tert-OH is 1. The summed E-state index contributed by atoms with van der Waals surface area (Å²) >= 11 is 0. The Morgan fingerprint density at radius 2 is 2.20 bits per heavy atom. The lowest BCUT2D eigenvalue weighted by Gasteiger charge is -2.30. The number of piperidine rings is 1. The van der Waals surface area contributed by atoms with Gasteiger partial charge in [0.15, 0.2) is 0 Å². The number of hydrogen-bond donors (Lipinski definition) is 3. The minimum Gasteiger partial charge on any atom is -0.444 e. The van der Waals surface area contributed by atoms with Crippen LogP contribution in [0.5, 0.6) is 0 Å². The van der Waals surface area contributed by atoms with Crippen molar-refractivity contribution in [2.24, 2.45) is 0 Å². The van der Waals surface area contributed by atoms with E-state index in [1.54, 1.807) is 0 Å². The predicted octanol–water partition coefficient (Wildman–Crippen LogP) is 0.234. The third kappa shape index (κ3) is 4.48. The van der Waals surface area contributed by atoms with E-state index in [2.05, 4.69) is 10.6 Å². The minimum absolute atomic E-state index is 0.256. The van der Waals surface area contributed by atoms with Crippen LogP contribution in [0.3, 0.4) is 0 Å². The Balaban J connectivity index is 2.36. The van der Waals surface area contributed by atoms with Gasteiger partial charge in [-0.15, -0.1) is 0 Å². The summed E-state index contributed by atoms with van der Waals surface area (Å²) in [4.78, 5) is 11.4. The lowest BCUT2D eigenvalue weighted by Crippen LogP contribution is -2.54. The highest BCUT2D eigenvalue weighted by Gasteiger charge is 2.26. The second-order valence-electron chi connectivity index (χ2n) is 4.81. The molecule has 1 aliphatic heterocycles. The molecule has 1 rings (SSSR count). The molecule has 2 atom stereocenters. The molecule has 0 bridgehead atoms. The fourth-order valence-electron chi connectivity index (χ4n) is 1.45. The third-order valence-electron chi connectivity index (χ3n) is 2.15. The maximum absolute atomic E-state index is 11.4. The van der Waals surface area contributed by atoms with Crippen molar-refractivity contribution in [2.75, 3.05) is 13.1 Å². The van der Waals surface area contributed by atoms with Gasteiger partial charge in [-0.3, -0.25) is 0 Å². The van der Waals surface area contributed by atoms with Gasteiger partial charge in [0, 0.05) is 6.54 Å². The monoisotopic (exact) mass is 216 g/mol. The summed E-state index contributed by atoms with van der Waals surface area (Å²) in [5, 5.41) is 15.4. The molecule has 1 aliphatic rings. The average molecular weight is 216 g/mol. The van der Waals surface area contributed by atoms with Crippen LogP contribution in [0.1, 0.15) is 27.2 Å². The maximum atomic E-state index is 11.4. The molecule has 15 heavy (non-hydrogen) atoms. The zero-order valence-electron chi connectivity index (χ0n) is 9.54. The van der Waals surface area contributed by atoms with Gasteiger partial charge in [-0.2, -0.15) is 0 Å². The number of carbonyl (C=O) groups is 1. The van der Waals surface area contributed by atoms with Crippen LogP contribution in [0.15, 0.2) is 0 Å². The zero-order valence-corrected chi connectivity index (χ0v) is 9.54. The summed E-state index contributed by atoms with van der Waals surface area (Å²) in [6.07, 6.45) is -0.311. The van der Waals surface area contributed by atoms with Crippen molar-refractivity contribution >= 4 is 6.09 Å². The number of alkyl carbamates (subject to hydrolysis) is 1. The number of amides is 1. The molecule has 5 nitrogen and oxygen atoms in total. The van der Waals surface area contributed by atoms with E-state index >= 15 is 0 Å². The first kappa shape index (κ1) is 12.3. The van der Waals surface area contributed by atoms with Crippen molar-refractivity contribution in [3.05, 3.63) is 0 Å². The van der Waals surface area contributed by atoms with E-state index in [1.165, 1.54) is 0 Å². The van der Waals surface area contributed by atoms with Crippen molar-refractivity contribution < 1.29 is 14.6 Å². The van der Waals surface area contributed by atoms with Crippen molar-refractivity contribution in [3.8, 4) is 0 Å². The summed E-state index contributed by atoms with van der Waals surface area (Å²) < 4.78 is 5.10. The molecule has 1 fully saturated rings. The van der Waals surface area contributed by atoms with Gasteiger partial charge in [-0.25, -0.2) is 4.79 Å². The maximum Gasteiger partial charge on any atom is 0.408 e. The third-order valence-corrected chi connectivity index (χ3v) is 2.15. The lowest BCUT2D eigenvalue weighted by atomic mass is 10.0. The van der Waals surface area contributed by atoms with Gasteiger partial charge in [0.1, 0.15) is 5.60 Å².